The molecule has 2 N–H and O–H groups in total. The molecular weight excluding hydrogens is 186 g/mol. The topological polar surface area (TPSA) is 32.3 Å². The van der Waals surface area contributed by atoms with Crippen LogP contribution in [0.2, 0.25) is 0 Å². The normalized spacial score (nSPS) is 10.3. The van der Waals surface area contributed by atoms with Crippen molar-refractivity contribution in [2.24, 2.45) is 0 Å². The van der Waals surface area contributed by atoms with E-state index < -0.39 is 0 Å². The Labute approximate surface area is 91.0 Å². The van der Waals surface area contributed by atoms with Crippen LogP contribution >= 0.6 is 0 Å². The zero-order valence-electron chi connectivity index (χ0n) is 9.41. The van der Waals surface area contributed by atoms with Gasteiger partial charge in [0.25, 0.3) is 0 Å². The summed E-state index contributed by atoms with van der Waals surface area (Å²) in [5, 5.41) is 12.4. The molecule has 0 saturated heterocycles. The largest absolute Gasteiger partial charge is 0.489 e. The predicted molar refractivity (Wildman–Crippen MR) is 63.4 cm³/mol. The van der Waals surface area contributed by atoms with Gasteiger partial charge in [0.1, 0.15) is 0 Å². The third kappa shape index (κ3) is 4.94. The van der Waals surface area contributed by atoms with Gasteiger partial charge in [0.2, 0.25) is 5.88 Å². The van der Waals surface area contributed by atoms with Crippen LogP contribution in [-0.4, -0.2) is 10.6 Å². The molecule has 80 valence electrons. The first-order valence-corrected chi connectivity index (χ1v) is 4.96. The maximum atomic E-state index is 9.51. The van der Waals surface area contributed by atoms with Gasteiger partial charge in [-0.15, -0.1) is 0 Å². The van der Waals surface area contributed by atoms with E-state index in [4.69, 9.17) is 0 Å². The number of hydrogen-bond donors (Lipinski definition) is 2. The molecule has 0 aliphatic rings. The molecule has 1 rings (SSSR count). The monoisotopic (exact) mass is 203 g/mol. The highest BCUT2D eigenvalue weighted by molar-refractivity contribution is 5.48. The summed E-state index contributed by atoms with van der Waals surface area (Å²) >= 11 is 0. The van der Waals surface area contributed by atoms with E-state index in [1.54, 1.807) is 6.08 Å². The highest BCUT2D eigenvalue weighted by atomic mass is 16.3. The third-order valence-electron chi connectivity index (χ3n) is 1.67. The summed E-state index contributed by atoms with van der Waals surface area (Å²) in [7, 11) is 0. The van der Waals surface area contributed by atoms with E-state index >= 15 is 0 Å². The van der Waals surface area contributed by atoms with Gasteiger partial charge in [0.15, 0.2) is 0 Å². The molecule has 0 bridgehead atoms. The Morgan fingerprint density at radius 1 is 1.27 bits per heavy atom. The van der Waals surface area contributed by atoms with Gasteiger partial charge in [-0.1, -0.05) is 36.1 Å². The van der Waals surface area contributed by atoms with Crippen molar-refractivity contribution in [3.63, 3.8) is 0 Å². The standard InChI is InChI=1S/C13H17NO/c1-13(2,3)14-12(15)10-9-11-7-5-4-6-8-11/h4-9,14-15H,1-3H3. The second-order valence-corrected chi connectivity index (χ2v) is 4.42. The summed E-state index contributed by atoms with van der Waals surface area (Å²) in [6.45, 7) is 5.94. The van der Waals surface area contributed by atoms with E-state index in [-0.39, 0.29) is 11.4 Å². The maximum absolute atomic E-state index is 9.51. The summed E-state index contributed by atoms with van der Waals surface area (Å²) in [5.41, 5.74) is 3.65. The Kier molecular flexibility index (Phi) is 3.59. The second kappa shape index (κ2) is 4.72. The molecule has 15 heavy (non-hydrogen) atoms. The van der Waals surface area contributed by atoms with Gasteiger partial charge < -0.3 is 10.4 Å². The minimum absolute atomic E-state index is 0.0614. The SMILES string of the molecule is CC(C)(C)NC(O)=C=Cc1ccccc1. The van der Waals surface area contributed by atoms with Crippen LogP contribution in [0.3, 0.4) is 0 Å². The fourth-order valence-electron chi connectivity index (χ4n) is 1.09. The molecule has 0 heterocycles. The summed E-state index contributed by atoms with van der Waals surface area (Å²) < 4.78 is 0. The molecule has 0 unspecified atom stereocenters. The molecule has 2 nitrogen and oxygen atoms in total. The van der Waals surface area contributed by atoms with Crippen LogP contribution < -0.4 is 5.32 Å². The summed E-state index contributed by atoms with van der Waals surface area (Å²) in [6, 6.07) is 9.76. The quantitative estimate of drug-likeness (QED) is 0.572. The van der Waals surface area contributed by atoms with E-state index in [0.29, 0.717) is 0 Å². The van der Waals surface area contributed by atoms with Crippen LogP contribution in [0.5, 0.6) is 0 Å². The van der Waals surface area contributed by atoms with Crippen molar-refractivity contribution < 1.29 is 5.11 Å². The van der Waals surface area contributed by atoms with Crippen LogP contribution in [0.15, 0.2) is 41.9 Å². The minimum atomic E-state index is -0.151. The van der Waals surface area contributed by atoms with Gasteiger partial charge in [0.05, 0.1) is 0 Å². The van der Waals surface area contributed by atoms with Crippen molar-refractivity contribution in [1.82, 2.24) is 5.32 Å². The van der Waals surface area contributed by atoms with E-state index in [0.717, 1.165) is 5.56 Å². The highest BCUT2D eigenvalue weighted by Crippen LogP contribution is 2.03. The van der Waals surface area contributed by atoms with Crippen LogP contribution in [0.4, 0.5) is 0 Å². The van der Waals surface area contributed by atoms with Gasteiger partial charge in [-0.2, -0.15) is 0 Å². The van der Waals surface area contributed by atoms with E-state index in [9.17, 15) is 5.11 Å². The number of nitrogens with one attached hydrogen (secondary N) is 1. The van der Waals surface area contributed by atoms with Crippen molar-refractivity contribution in [2.45, 2.75) is 26.3 Å². The Bertz CT molecular complexity index is 367. The van der Waals surface area contributed by atoms with Crippen molar-refractivity contribution in [3.05, 3.63) is 47.5 Å². The first-order chi connectivity index (χ1) is 6.97. The zero-order chi connectivity index (χ0) is 11.3. The van der Waals surface area contributed by atoms with Gasteiger partial charge >= 0.3 is 0 Å². The van der Waals surface area contributed by atoms with Crippen LogP contribution in [-0.2, 0) is 0 Å². The van der Waals surface area contributed by atoms with Gasteiger partial charge in [0, 0.05) is 5.54 Å². The molecule has 0 aromatic heterocycles. The smallest absolute Gasteiger partial charge is 0.231 e. The average Bonchev–Trinajstić information content (AvgIpc) is 2.14. The number of aliphatic hydroxyl groups excluding tert-OH is 1. The Morgan fingerprint density at radius 3 is 2.40 bits per heavy atom. The second-order valence-electron chi connectivity index (χ2n) is 4.42. The van der Waals surface area contributed by atoms with Crippen LogP contribution in [0.1, 0.15) is 26.3 Å². The lowest BCUT2D eigenvalue weighted by Gasteiger charge is -2.19. The Hall–Kier alpha value is -1.66. The summed E-state index contributed by atoms with van der Waals surface area (Å²) in [5.74, 6) is 0.0614. The molecule has 1 aromatic rings. The van der Waals surface area contributed by atoms with Crippen LogP contribution in [0.25, 0.3) is 6.08 Å². The van der Waals surface area contributed by atoms with Crippen molar-refractivity contribution in [2.75, 3.05) is 0 Å². The molecule has 0 amide bonds. The summed E-state index contributed by atoms with van der Waals surface area (Å²) in [4.78, 5) is 0. The van der Waals surface area contributed by atoms with Crippen LogP contribution in [0, 0.1) is 0 Å². The number of aliphatic hydroxyl groups is 1. The first-order valence-electron chi connectivity index (χ1n) is 4.96. The molecule has 0 saturated carbocycles. The average molecular weight is 203 g/mol. The molecule has 0 atom stereocenters. The third-order valence-corrected chi connectivity index (χ3v) is 1.67. The molecular formula is C13H17NO. The number of rotatable bonds is 2. The lowest BCUT2D eigenvalue weighted by atomic mass is 10.1. The van der Waals surface area contributed by atoms with Gasteiger partial charge in [-0.3, -0.25) is 0 Å². The molecule has 0 radical (unpaired) electrons. The van der Waals surface area contributed by atoms with Crippen molar-refractivity contribution in [3.8, 4) is 0 Å². The summed E-state index contributed by atoms with van der Waals surface area (Å²) in [6.07, 6.45) is 1.74. The number of hydrogen-bond acceptors (Lipinski definition) is 2. The molecule has 2 heteroatoms. The van der Waals surface area contributed by atoms with Crippen molar-refractivity contribution >= 4 is 6.08 Å². The number of benzene rings is 1. The van der Waals surface area contributed by atoms with E-state index in [1.165, 1.54) is 0 Å². The lowest BCUT2D eigenvalue weighted by molar-refractivity contribution is 0.311. The van der Waals surface area contributed by atoms with Gasteiger partial charge in [-0.25, -0.2) is 0 Å². The lowest BCUT2D eigenvalue weighted by Crippen LogP contribution is -2.34. The highest BCUT2D eigenvalue weighted by Gasteiger charge is 2.09. The first kappa shape index (κ1) is 11.4. The molecule has 1 aromatic carbocycles. The molecule has 0 aliphatic carbocycles. The molecule has 0 spiro atoms. The van der Waals surface area contributed by atoms with E-state index in [1.807, 2.05) is 51.1 Å². The Balaban J connectivity index is 2.75. The molecule has 0 aliphatic heterocycles. The maximum Gasteiger partial charge on any atom is 0.231 e. The van der Waals surface area contributed by atoms with Gasteiger partial charge in [-0.05, 0) is 32.4 Å². The zero-order valence-corrected chi connectivity index (χ0v) is 9.41. The fourth-order valence-corrected chi connectivity index (χ4v) is 1.09. The Morgan fingerprint density at radius 2 is 1.87 bits per heavy atom. The molecule has 0 fully saturated rings. The van der Waals surface area contributed by atoms with E-state index in [2.05, 4.69) is 11.0 Å². The fraction of sp³-hybridized carbons (Fsp3) is 0.308. The minimum Gasteiger partial charge on any atom is -0.489 e. The predicted octanol–water partition coefficient (Wildman–Crippen LogP) is 3.09. The van der Waals surface area contributed by atoms with Crippen molar-refractivity contribution in [1.29, 1.82) is 0 Å².